The van der Waals surface area contributed by atoms with Crippen LogP contribution in [0.5, 0.6) is 0 Å². The summed E-state index contributed by atoms with van der Waals surface area (Å²) >= 11 is 1.50. The molecule has 0 unspecified atom stereocenters. The maximum absolute atomic E-state index is 4.65. The van der Waals surface area contributed by atoms with Crippen LogP contribution in [-0.4, -0.2) is 24.5 Å². The number of rotatable bonds is 6. The monoisotopic (exact) mass is 475 g/mol. The Hall–Kier alpha value is -4.43. The third-order valence-electron chi connectivity index (χ3n) is 5.78. The topological polar surface area (TPSA) is 80.5 Å². The van der Waals surface area contributed by atoms with Crippen molar-refractivity contribution in [2.24, 2.45) is 7.05 Å². The molecule has 3 aromatic carbocycles. The number of anilines is 3. The second-order valence-corrected chi connectivity index (χ2v) is 8.95. The van der Waals surface area contributed by atoms with Crippen molar-refractivity contribution in [3.8, 4) is 11.1 Å². The predicted molar refractivity (Wildman–Crippen MR) is 143 cm³/mol. The minimum absolute atomic E-state index is 0.837. The Kier molecular flexibility index (Phi) is 5.48. The van der Waals surface area contributed by atoms with Crippen LogP contribution >= 0.6 is 11.9 Å². The summed E-state index contributed by atoms with van der Waals surface area (Å²) in [5.41, 5.74) is 7.78. The Bertz CT molecular complexity index is 1650. The lowest BCUT2D eigenvalue weighted by Gasteiger charge is -2.15. The van der Waals surface area contributed by atoms with Gasteiger partial charge in [-0.2, -0.15) is 0 Å². The van der Waals surface area contributed by atoms with Gasteiger partial charge in [0.2, 0.25) is 0 Å². The summed E-state index contributed by atoms with van der Waals surface area (Å²) in [5, 5.41) is 4.80. The first kappa shape index (κ1) is 21.1. The van der Waals surface area contributed by atoms with Gasteiger partial charge in [0.05, 0.1) is 39.7 Å². The molecular formula is C27H21N7S. The molecule has 0 fully saturated rings. The maximum atomic E-state index is 4.65. The van der Waals surface area contributed by atoms with Gasteiger partial charge < -0.3 is 14.6 Å². The Labute approximate surface area is 206 Å². The zero-order valence-corrected chi connectivity index (χ0v) is 19.7. The van der Waals surface area contributed by atoms with Crippen LogP contribution in [0.2, 0.25) is 0 Å². The predicted octanol–water partition coefficient (Wildman–Crippen LogP) is 6.44. The van der Waals surface area contributed by atoms with Crippen molar-refractivity contribution >= 4 is 50.9 Å². The molecule has 0 aliphatic carbocycles. The fraction of sp³-hybridized carbons (Fsp3) is 0.0370. The largest absolute Gasteiger partial charge is 0.354 e. The van der Waals surface area contributed by atoms with Crippen molar-refractivity contribution in [1.29, 1.82) is 0 Å². The van der Waals surface area contributed by atoms with Crippen LogP contribution in [0.4, 0.5) is 17.1 Å². The molecule has 3 heterocycles. The van der Waals surface area contributed by atoms with E-state index in [1.807, 2.05) is 18.2 Å². The summed E-state index contributed by atoms with van der Waals surface area (Å²) in [6, 6.07) is 21.0. The molecule has 6 rings (SSSR count). The summed E-state index contributed by atoms with van der Waals surface area (Å²) in [6.07, 6.45) is 10.5. The van der Waals surface area contributed by atoms with Crippen molar-refractivity contribution in [3.63, 3.8) is 0 Å². The molecule has 0 saturated heterocycles. The van der Waals surface area contributed by atoms with Gasteiger partial charge in [0.25, 0.3) is 0 Å². The number of hydrogen-bond donors (Lipinski definition) is 2. The van der Waals surface area contributed by atoms with Crippen LogP contribution in [-0.2, 0) is 7.05 Å². The molecule has 0 spiro atoms. The molecule has 8 heteroatoms. The summed E-state index contributed by atoms with van der Waals surface area (Å²) in [4.78, 5) is 18.4. The summed E-state index contributed by atoms with van der Waals surface area (Å²) in [5.74, 6) is 0. The van der Waals surface area contributed by atoms with Crippen LogP contribution < -0.4 is 10.0 Å². The Balaban J connectivity index is 1.38. The van der Waals surface area contributed by atoms with Crippen molar-refractivity contribution in [2.75, 3.05) is 10.0 Å². The van der Waals surface area contributed by atoms with E-state index in [-0.39, 0.29) is 0 Å². The highest BCUT2D eigenvalue weighted by Crippen LogP contribution is 2.35. The van der Waals surface area contributed by atoms with Crippen LogP contribution in [0, 0.1) is 0 Å². The van der Waals surface area contributed by atoms with Gasteiger partial charge in [-0.3, -0.25) is 9.97 Å². The third kappa shape index (κ3) is 4.27. The van der Waals surface area contributed by atoms with Gasteiger partial charge in [0.15, 0.2) is 0 Å². The van der Waals surface area contributed by atoms with Crippen LogP contribution in [0.15, 0.2) is 103 Å². The van der Waals surface area contributed by atoms with E-state index in [1.165, 1.54) is 29.2 Å². The van der Waals surface area contributed by atoms with Gasteiger partial charge in [0.1, 0.15) is 6.33 Å². The van der Waals surface area contributed by atoms with Gasteiger partial charge in [-0.05, 0) is 59.3 Å². The quantitative estimate of drug-likeness (QED) is 0.268. The van der Waals surface area contributed by atoms with E-state index >= 15 is 0 Å². The standard InChI is InChI=1S/C27H21N7S/c1-34-11-8-18-6-7-19(12-25(18)34)22-13-20(14-24-27(22)31-10-9-30-24)32-23-4-2-3-5-26(23)35-33-21-15-28-17-29-16-21/h2-17,32-33H,1H3. The van der Waals surface area contributed by atoms with Crippen LogP contribution in [0.3, 0.4) is 0 Å². The van der Waals surface area contributed by atoms with Crippen molar-refractivity contribution < 1.29 is 0 Å². The number of benzene rings is 3. The Morgan fingerprint density at radius 2 is 1.71 bits per heavy atom. The summed E-state index contributed by atoms with van der Waals surface area (Å²) in [7, 11) is 2.06. The molecule has 0 aliphatic rings. The van der Waals surface area contributed by atoms with Crippen LogP contribution in [0.1, 0.15) is 0 Å². The molecule has 2 N–H and O–H groups in total. The smallest absolute Gasteiger partial charge is 0.115 e. The lowest BCUT2D eigenvalue weighted by molar-refractivity contribution is 0.969. The van der Waals surface area contributed by atoms with E-state index < -0.39 is 0 Å². The van der Waals surface area contributed by atoms with E-state index in [0.717, 1.165) is 44.1 Å². The molecule has 170 valence electrons. The van der Waals surface area contributed by atoms with Crippen molar-refractivity contribution in [1.82, 2.24) is 24.5 Å². The van der Waals surface area contributed by atoms with Gasteiger partial charge >= 0.3 is 0 Å². The Morgan fingerprint density at radius 3 is 2.63 bits per heavy atom. The lowest BCUT2D eigenvalue weighted by atomic mass is 10.0. The number of nitrogens with one attached hydrogen (secondary N) is 2. The molecule has 35 heavy (non-hydrogen) atoms. The van der Waals surface area contributed by atoms with Gasteiger partial charge in [-0.25, -0.2) is 9.97 Å². The third-order valence-corrected chi connectivity index (χ3v) is 6.69. The minimum atomic E-state index is 0.837. The lowest BCUT2D eigenvalue weighted by Crippen LogP contribution is -1.97. The number of para-hydroxylation sites is 1. The highest BCUT2D eigenvalue weighted by atomic mass is 32.2. The molecule has 0 atom stereocenters. The number of aromatic nitrogens is 5. The fourth-order valence-corrected chi connectivity index (χ4v) is 4.79. The average molecular weight is 476 g/mol. The number of hydrogen-bond acceptors (Lipinski definition) is 7. The molecule has 6 aromatic rings. The van der Waals surface area contributed by atoms with Gasteiger partial charge in [-0.1, -0.05) is 24.3 Å². The zero-order valence-electron chi connectivity index (χ0n) is 18.9. The number of aryl methyl sites for hydroxylation is 1. The van der Waals surface area contributed by atoms with Gasteiger partial charge in [0, 0.05) is 42.4 Å². The van der Waals surface area contributed by atoms with Crippen molar-refractivity contribution in [2.45, 2.75) is 4.90 Å². The van der Waals surface area contributed by atoms with E-state index in [4.69, 9.17) is 0 Å². The first-order chi connectivity index (χ1) is 17.2. The minimum Gasteiger partial charge on any atom is -0.354 e. The molecule has 3 aromatic heterocycles. The normalized spacial score (nSPS) is 11.1. The SMILES string of the molecule is Cn1ccc2ccc(-c3cc(Nc4ccccc4SNc4cncnc4)cc4nccnc34)cc21. The molecule has 0 amide bonds. The number of nitrogens with zero attached hydrogens (tertiary/aromatic N) is 5. The Morgan fingerprint density at radius 1 is 0.857 bits per heavy atom. The first-order valence-corrected chi connectivity index (χ1v) is 11.9. The maximum Gasteiger partial charge on any atom is 0.115 e. The van der Waals surface area contributed by atoms with Gasteiger partial charge in [-0.15, -0.1) is 0 Å². The van der Waals surface area contributed by atoms with E-state index in [2.05, 4.69) is 90.3 Å². The van der Waals surface area contributed by atoms with E-state index in [9.17, 15) is 0 Å². The average Bonchev–Trinajstić information content (AvgIpc) is 3.28. The molecule has 0 bridgehead atoms. The molecule has 0 saturated carbocycles. The first-order valence-electron chi connectivity index (χ1n) is 11.1. The van der Waals surface area contributed by atoms with Crippen LogP contribution in [0.25, 0.3) is 33.1 Å². The number of fused-ring (bicyclic) bond motifs is 2. The van der Waals surface area contributed by atoms with Crippen molar-refractivity contribution in [3.05, 3.63) is 98.0 Å². The zero-order chi connectivity index (χ0) is 23.6. The highest BCUT2D eigenvalue weighted by Gasteiger charge is 2.12. The molecule has 7 nitrogen and oxygen atoms in total. The second-order valence-electron chi connectivity index (χ2n) is 8.10. The molecule has 0 aliphatic heterocycles. The molecular weight excluding hydrogens is 454 g/mol. The summed E-state index contributed by atoms with van der Waals surface area (Å²) in [6.45, 7) is 0. The summed E-state index contributed by atoms with van der Waals surface area (Å²) < 4.78 is 5.43. The second kappa shape index (κ2) is 9.08. The van der Waals surface area contributed by atoms with E-state index in [1.54, 1.807) is 24.8 Å². The fourth-order valence-electron chi connectivity index (χ4n) is 4.08. The molecule has 0 radical (unpaired) electrons. The van der Waals surface area contributed by atoms with E-state index in [0.29, 0.717) is 0 Å². The highest BCUT2D eigenvalue weighted by molar-refractivity contribution is 8.00.